The Labute approximate surface area is 285 Å². The fourth-order valence-corrected chi connectivity index (χ4v) is 6.23. The number of rotatable bonds is 14. The summed E-state index contributed by atoms with van der Waals surface area (Å²) in [5, 5.41) is 19.7. The number of benzene rings is 1. The van der Waals surface area contributed by atoms with Gasteiger partial charge in [-0.2, -0.15) is 5.10 Å². The highest BCUT2D eigenvalue weighted by molar-refractivity contribution is 5.96. The van der Waals surface area contributed by atoms with Gasteiger partial charge in [-0.3, -0.25) is 19.2 Å². The molecule has 1 aromatic carbocycles. The number of aliphatic hydroxyl groups excluding tert-OH is 1. The van der Waals surface area contributed by atoms with E-state index in [1.165, 1.54) is 10.7 Å². The molecule has 0 radical (unpaired) electrons. The largest absolute Gasteiger partial charge is 0.467 e. The Morgan fingerprint density at radius 1 is 0.959 bits per heavy atom. The lowest BCUT2D eigenvalue weighted by Crippen LogP contribution is -2.56. The van der Waals surface area contributed by atoms with Gasteiger partial charge in [0.1, 0.15) is 12.1 Å². The van der Waals surface area contributed by atoms with E-state index in [9.17, 15) is 29.1 Å². The van der Waals surface area contributed by atoms with Crippen molar-refractivity contribution in [3.05, 3.63) is 42.1 Å². The average Bonchev–Trinajstić information content (AvgIpc) is 3.77. The van der Waals surface area contributed by atoms with Gasteiger partial charge in [0.05, 0.1) is 12.3 Å². The zero-order valence-corrected chi connectivity index (χ0v) is 28.1. The summed E-state index contributed by atoms with van der Waals surface area (Å²) in [6.07, 6.45) is 5.16. The monoisotopic (exact) mass is 681 g/mol. The standard InChI is InChI=1S/C34H47N7O8/c1-2-48-34(47)39-19-17-38(18-20-39)33(46)26(14-6-7-21-42)36-31(44)27-22-30(41(37-27)25-12-4-3-5-13-25)49-23-29(43)40-16-9-15-28(40)32(45)35-24-10-8-11-24/h3-5,12-13,22,24,26,28,42H,2,6-11,14-21,23H2,1H3,(H,35,45)(H,36,44)/t26-,28-/m0/s1. The Morgan fingerprint density at radius 2 is 1.69 bits per heavy atom. The zero-order valence-electron chi connectivity index (χ0n) is 28.1. The summed E-state index contributed by atoms with van der Waals surface area (Å²) in [5.74, 6) is -1.22. The van der Waals surface area contributed by atoms with Crippen LogP contribution < -0.4 is 15.4 Å². The number of para-hydroxylation sites is 1. The number of likely N-dealkylation sites (tertiary alicyclic amines) is 1. The third-order valence-electron chi connectivity index (χ3n) is 9.20. The molecule has 2 aliphatic heterocycles. The van der Waals surface area contributed by atoms with Crippen LogP contribution in [-0.2, 0) is 19.1 Å². The van der Waals surface area contributed by atoms with Crippen molar-refractivity contribution in [2.45, 2.75) is 76.4 Å². The van der Waals surface area contributed by atoms with Crippen molar-refractivity contribution >= 4 is 29.7 Å². The van der Waals surface area contributed by atoms with Crippen molar-refractivity contribution < 1.29 is 38.6 Å². The molecule has 1 saturated carbocycles. The number of carbonyl (C=O) groups is 5. The van der Waals surface area contributed by atoms with Gasteiger partial charge in [0, 0.05) is 51.4 Å². The fourth-order valence-electron chi connectivity index (χ4n) is 6.23. The summed E-state index contributed by atoms with van der Waals surface area (Å²) in [6.45, 7) is 3.26. The topological polar surface area (TPSA) is 176 Å². The van der Waals surface area contributed by atoms with Crippen molar-refractivity contribution in [3.8, 4) is 11.6 Å². The Morgan fingerprint density at radius 3 is 2.37 bits per heavy atom. The maximum Gasteiger partial charge on any atom is 0.409 e. The molecule has 49 heavy (non-hydrogen) atoms. The summed E-state index contributed by atoms with van der Waals surface area (Å²) < 4.78 is 12.5. The van der Waals surface area contributed by atoms with Crippen LogP contribution in [0.4, 0.5) is 4.79 Å². The van der Waals surface area contributed by atoms with Gasteiger partial charge in [-0.1, -0.05) is 18.2 Å². The van der Waals surface area contributed by atoms with Gasteiger partial charge in [-0.05, 0) is 70.4 Å². The third-order valence-corrected chi connectivity index (χ3v) is 9.20. The summed E-state index contributed by atoms with van der Waals surface area (Å²) in [6, 6.07) is 9.18. The van der Waals surface area contributed by atoms with Gasteiger partial charge in [-0.25, -0.2) is 9.48 Å². The predicted molar refractivity (Wildman–Crippen MR) is 177 cm³/mol. The summed E-state index contributed by atoms with van der Waals surface area (Å²) in [5.41, 5.74) is 0.579. The van der Waals surface area contributed by atoms with Gasteiger partial charge in [0.15, 0.2) is 12.3 Å². The van der Waals surface area contributed by atoms with Crippen LogP contribution in [0, 0.1) is 0 Å². The van der Waals surface area contributed by atoms with E-state index < -0.39 is 24.1 Å². The van der Waals surface area contributed by atoms with Crippen molar-refractivity contribution in [3.63, 3.8) is 0 Å². The first-order valence-corrected chi connectivity index (χ1v) is 17.3. The van der Waals surface area contributed by atoms with E-state index in [2.05, 4.69) is 15.7 Å². The Kier molecular flexibility index (Phi) is 12.5. The van der Waals surface area contributed by atoms with Crippen molar-refractivity contribution in [1.29, 1.82) is 0 Å². The molecule has 2 aromatic rings. The molecule has 0 unspecified atom stereocenters. The minimum Gasteiger partial charge on any atom is -0.467 e. The number of unbranched alkanes of at least 4 members (excludes halogenated alkanes) is 1. The van der Waals surface area contributed by atoms with Crippen LogP contribution in [0.5, 0.6) is 5.88 Å². The maximum absolute atomic E-state index is 13.6. The van der Waals surface area contributed by atoms with Crippen LogP contribution in [0.25, 0.3) is 5.69 Å². The van der Waals surface area contributed by atoms with Gasteiger partial charge in [-0.15, -0.1) is 0 Å². The molecule has 3 heterocycles. The minimum atomic E-state index is -0.890. The summed E-state index contributed by atoms with van der Waals surface area (Å²) in [7, 11) is 0. The van der Waals surface area contributed by atoms with E-state index in [4.69, 9.17) is 9.47 Å². The molecule has 3 N–H and O–H groups in total. The lowest BCUT2D eigenvalue weighted by atomic mass is 9.93. The maximum atomic E-state index is 13.6. The molecule has 1 aromatic heterocycles. The summed E-state index contributed by atoms with van der Waals surface area (Å²) in [4.78, 5) is 70.2. The van der Waals surface area contributed by atoms with Crippen LogP contribution in [0.15, 0.2) is 36.4 Å². The molecule has 0 bridgehead atoms. The Balaban J connectivity index is 1.26. The highest BCUT2D eigenvalue weighted by atomic mass is 16.6. The van der Waals surface area contributed by atoms with Gasteiger partial charge in [0.2, 0.25) is 17.7 Å². The first-order valence-electron chi connectivity index (χ1n) is 17.3. The van der Waals surface area contributed by atoms with E-state index in [-0.39, 0.29) is 55.2 Å². The SMILES string of the molecule is CCOC(=O)N1CCN(C(=O)[C@H](CCCCO)NC(=O)c2cc(OCC(=O)N3CCC[C@H]3C(=O)NC3CCC3)n(-c3ccccc3)n2)CC1. The number of piperazine rings is 1. The number of amides is 5. The van der Waals surface area contributed by atoms with Crippen LogP contribution in [-0.4, -0.2) is 130 Å². The molecule has 3 fully saturated rings. The van der Waals surface area contributed by atoms with Crippen molar-refractivity contribution in [1.82, 2.24) is 35.1 Å². The second-order valence-electron chi connectivity index (χ2n) is 12.5. The Hall–Kier alpha value is -4.66. The Bertz CT molecular complexity index is 1460. The van der Waals surface area contributed by atoms with Gasteiger partial charge >= 0.3 is 6.09 Å². The van der Waals surface area contributed by atoms with Crippen LogP contribution in [0.1, 0.15) is 68.8 Å². The van der Waals surface area contributed by atoms with Gasteiger partial charge in [0.25, 0.3) is 11.8 Å². The first kappa shape index (κ1) is 35.6. The molecular formula is C34H47N7O8. The molecule has 15 nitrogen and oxygen atoms in total. The lowest BCUT2D eigenvalue weighted by molar-refractivity contribution is -0.140. The van der Waals surface area contributed by atoms with Gasteiger partial charge < -0.3 is 39.9 Å². The smallest absolute Gasteiger partial charge is 0.409 e. The highest BCUT2D eigenvalue weighted by Gasteiger charge is 2.36. The average molecular weight is 682 g/mol. The predicted octanol–water partition coefficient (Wildman–Crippen LogP) is 1.47. The molecule has 15 heteroatoms. The van der Waals surface area contributed by atoms with Crippen molar-refractivity contribution in [2.75, 3.05) is 52.5 Å². The quantitative estimate of drug-likeness (QED) is 0.250. The second-order valence-corrected chi connectivity index (χ2v) is 12.5. The number of aromatic nitrogens is 2. The molecule has 1 aliphatic carbocycles. The fraction of sp³-hybridized carbons (Fsp3) is 0.588. The number of ether oxygens (including phenoxy) is 2. The molecular weight excluding hydrogens is 634 g/mol. The number of nitrogens with one attached hydrogen (secondary N) is 2. The molecule has 5 rings (SSSR count). The van der Waals surface area contributed by atoms with E-state index in [0.29, 0.717) is 64.1 Å². The number of nitrogens with zero attached hydrogens (tertiary/aromatic N) is 5. The highest BCUT2D eigenvalue weighted by Crippen LogP contribution is 2.24. The van der Waals surface area contributed by atoms with Crippen LogP contribution in [0.2, 0.25) is 0 Å². The normalized spacial score (nSPS) is 18.4. The number of hydrogen-bond donors (Lipinski definition) is 3. The number of hydrogen-bond acceptors (Lipinski definition) is 9. The third kappa shape index (κ3) is 9.08. The van der Waals surface area contributed by atoms with Crippen LogP contribution in [0.3, 0.4) is 0 Å². The molecule has 266 valence electrons. The molecule has 5 amide bonds. The van der Waals surface area contributed by atoms with E-state index in [1.807, 2.05) is 6.07 Å². The molecule has 2 saturated heterocycles. The van der Waals surface area contributed by atoms with E-state index >= 15 is 0 Å². The second kappa shape index (κ2) is 17.1. The first-order chi connectivity index (χ1) is 23.8. The molecule has 3 aliphatic rings. The lowest BCUT2D eigenvalue weighted by Gasteiger charge is -2.36. The minimum absolute atomic E-state index is 0.0164. The summed E-state index contributed by atoms with van der Waals surface area (Å²) >= 11 is 0. The number of aliphatic hydroxyl groups is 1. The van der Waals surface area contributed by atoms with Crippen molar-refractivity contribution in [2.24, 2.45) is 0 Å². The zero-order chi connectivity index (χ0) is 34.8. The molecule has 0 spiro atoms. The molecule has 2 atom stereocenters. The van der Waals surface area contributed by atoms with E-state index in [1.54, 1.807) is 45.9 Å². The number of carbonyl (C=O) groups excluding carboxylic acids is 5. The van der Waals surface area contributed by atoms with Crippen LogP contribution >= 0.6 is 0 Å². The van der Waals surface area contributed by atoms with E-state index in [0.717, 1.165) is 25.7 Å².